The summed E-state index contributed by atoms with van der Waals surface area (Å²) in [5, 5.41) is 0. The number of benzene rings is 2. The Hall–Kier alpha value is -3.25. The van der Waals surface area contributed by atoms with Gasteiger partial charge in [0.1, 0.15) is 11.7 Å². The van der Waals surface area contributed by atoms with Gasteiger partial charge in [-0.3, -0.25) is 19.3 Å². The van der Waals surface area contributed by atoms with Crippen LogP contribution in [0, 0.1) is 0 Å². The fourth-order valence-corrected chi connectivity index (χ4v) is 3.67. The van der Waals surface area contributed by atoms with Crippen molar-refractivity contribution < 1.29 is 14.4 Å². The molecular formula is C21H19N3O3. The van der Waals surface area contributed by atoms with Crippen molar-refractivity contribution in [3.63, 3.8) is 0 Å². The number of hydrogen-bond acceptors (Lipinski definition) is 5. The zero-order chi connectivity index (χ0) is 19.0. The van der Waals surface area contributed by atoms with Crippen LogP contribution in [0.5, 0.6) is 0 Å². The molecule has 1 saturated heterocycles. The Morgan fingerprint density at radius 3 is 2.07 bits per heavy atom. The molecule has 0 aliphatic carbocycles. The number of Topliss-reactive ketones (excluding diaryl/α,β-unsaturated/α-hetero) is 1. The summed E-state index contributed by atoms with van der Waals surface area (Å²) in [7, 11) is 0. The normalized spacial score (nSPS) is 18.9. The van der Waals surface area contributed by atoms with Crippen LogP contribution in [0.4, 0.5) is 0 Å². The number of allylic oxidation sites excluding steroid dienone is 1. The highest BCUT2D eigenvalue weighted by atomic mass is 16.2. The zero-order valence-electron chi connectivity index (χ0n) is 14.8. The minimum absolute atomic E-state index is 0.173. The molecule has 0 saturated carbocycles. The number of rotatable bonds is 5. The Bertz CT molecular complexity index is 898. The Morgan fingerprint density at radius 2 is 1.56 bits per heavy atom. The Labute approximate surface area is 156 Å². The van der Waals surface area contributed by atoms with Crippen molar-refractivity contribution in [2.24, 2.45) is 0 Å². The quantitative estimate of drug-likeness (QED) is 0.790. The maximum absolute atomic E-state index is 13.5. The van der Waals surface area contributed by atoms with Crippen molar-refractivity contribution in [1.82, 2.24) is 15.8 Å². The first-order chi connectivity index (χ1) is 13.1. The SMILES string of the molecule is CCN1C(=O)C2=C(C(=O)C(c3ccccc3)c3ccccc3)NN[C@@H]2C1=O. The largest absolute Gasteiger partial charge is 0.317 e. The number of imide groups is 1. The predicted molar refractivity (Wildman–Crippen MR) is 99.2 cm³/mol. The van der Waals surface area contributed by atoms with Gasteiger partial charge in [-0.25, -0.2) is 5.43 Å². The van der Waals surface area contributed by atoms with E-state index in [4.69, 9.17) is 0 Å². The van der Waals surface area contributed by atoms with E-state index in [0.717, 1.165) is 11.1 Å². The van der Waals surface area contributed by atoms with Gasteiger partial charge in [0.25, 0.3) is 11.8 Å². The van der Waals surface area contributed by atoms with E-state index in [9.17, 15) is 14.4 Å². The number of hydrazine groups is 1. The summed E-state index contributed by atoms with van der Waals surface area (Å²) < 4.78 is 0. The van der Waals surface area contributed by atoms with Crippen molar-refractivity contribution in [2.75, 3.05) is 6.54 Å². The first kappa shape index (κ1) is 17.2. The van der Waals surface area contributed by atoms with Gasteiger partial charge in [-0.05, 0) is 18.1 Å². The van der Waals surface area contributed by atoms with Crippen LogP contribution in [-0.4, -0.2) is 35.1 Å². The lowest BCUT2D eigenvalue weighted by Crippen LogP contribution is -2.42. The molecule has 1 fully saturated rings. The molecule has 2 aliphatic rings. The number of nitrogens with one attached hydrogen (secondary N) is 2. The molecule has 6 heteroatoms. The second kappa shape index (κ2) is 6.81. The molecule has 1 atom stereocenters. The molecule has 2 aromatic carbocycles. The van der Waals surface area contributed by atoms with Crippen molar-refractivity contribution in [2.45, 2.75) is 18.9 Å². The maximum Gasteiger partial charge on any atom is 0.260 e. The highest BCUT2D eigenvalue weighted by Crippen LogP contribution is 2.32. The van der Waals surface area contributed by atoms with Crippen LogP contribution >= 0.6 is 0 Å². The smallest absolute Gasteiger partial charge is 0.260 e. The summed E-state index contributed by atoms with van der Waals surface area (Å²) >= 11 is 0. The third-order valence-corrected chi connectivity index (χ3v) is 4.98. The van der Waals surface area contributed by atoms with Gasteiger partial charge in [0, 0.05) is 6.54 Å². The molecular weight excluding hydrogens is 342 g/mol. The Balaban J connectivity index is 1.80. The third kappa shape index (κ3) is 2.74. The van der Waals surface area contributed by atoms with Crippen molar-refractivity contribution in [1.29, 1.82) is 0 Å². The van der Waals surface area contributed by atoms with Crippen molar-refractivity contribution >= 4 is 17.6 Å². The van der Waals surface area contributed by atoms with Crippen LogP contribution in [0.25, 0.3) is 0 Å². The molecule has 4 rings (SSSR count). The van der Waals surface area contributed by atoms with E-state index < -0.39 is 17.9 Å². The zero-order valence-corrected chi connectivity index (χ0v) is 14.8. The van der Waals surface area contributed by atoms with E-state index in [2.05, 4.69) is 10.9 Å². The molecule has 2 aliphatic heterocycles. The topological polar surface area (TPSA) is 78.5 Å². The highest BCUT2D eigenvalue weighted by Gasteiger charge is 2.49. The Kier molecular flexibility index (Phi) is 4.33. The number of ketones is 1. The molecule has 2 N–H and O–H groups in total. The molecule has 27 heavy (non-hydrogen) atoms. The van der Waals surface area contributed by atoms with E-state index in [0.29, 0.717) is 0 Å². The highest BCUT2D eigenvalue weighted by molar-refractivity contribution is 6.21. The summed E-state index contributed by atoms with van der Waals surface area (Å²) in [5.74, 6) is -1.55. The molecule has 0 bridgehead atoms. The van der Waals surface area contributed by atoms with Gasteiger partial charge in [0.05, 0.1) is 11.5 Å². The lowest BCUT2D eigenvalue weighted by atomic mass is 9.85. The van der Waals surface area contributed by atoms with Gasteiger partial charge in [-0.2, -0.15) is 0 Å². The molecule has 6 nitrogen and oxygen atoms in total. The second-order valence-corrected chi connectivity index (χ2v) is 6.50. The van der Waals surface area contributed by atoms with Gasteiger partial charge >= 0.3 is 0 Å². The van der Waals surface area contributed by atoms with E-state index in [1.54, 1.807) is 6.92 Å². The van der Waals surface area contributed by atoms with Gasteiger partial charge < -0.3 is 5.43 Å². The average Bonchev–Trinajstić information content (AvgIpc) is 3.24. The van der Waals surface area contributed by atoms with Crippen LogP contribution in [0.2, 0.25) is 0 Å². The van der Waals surface area contributed by atoms with Crippen LogP contribution in [0.15, 0.2) is 71.9 Å². The minimum atomic E-state index is -0.802. The molecule has 2 heterocycles. The predicted octanol–water partition coefficient (Wildman–Crippen LogP) is 1.51. The summed E-state index contributed by atoms with van der Waals surface area (Å²) in [6, 6.07) is 18.0. The fraction of sp³-hybridized carbons (Fsp3) is 0.190. The number of nitrogens with zero attached hydrogens (tertiary/aromatic N) is 1. The number of amides is 2. The third-order valence-electron chi connectivity index (χ3n) is 4.98. The van der Waals surface area contributed by atoms with Crippen LogP contribution < -0.4 is 10.9 Å². The van der Waals surface area contributed by atoms with Crippen LogP contribution in [-0.2, 0) is 14.4 Å². The first-order valence-corrected chi connectivity index (χ1v) is 8.89. The van der Waals surface area contributed by atoms with Gasteiger partial charge in [0.15, 0.2) is 5.78 Å². The Morgan fingerprint density at radius 1 is 1.00 bits per heavy atom. The number of carbonyl (C=O) groups excluding carboxylic acids is 3. The summed E-state index contributed by atoms with van der Waals surface area (Å²) in [6.45, 7) is 2.02. The number of likely N-dealkylation sites (N-methyl/N-ethyl adjacent to an activating group) is 1. The lowest BCUT2D eigenvalue weighted by Gasteiger charge is -2.19. The van der Waals surface area contributed by atoms with Gasteiger partial charge in [0.2, 0.25) is 0 Å². The summed E-state index contributed by atoms with van der Waals surface area (Å²) in [6.07, 6.45) is 0. The average molecular weight is 361 g/mol. The van der Waals surface area contributed by atoms with Gasteiger partial charge in [-0.1, -0.05) is 60.7 Å². The molecule has 0 radical (unpaired) electrons. The second-order valence-electron chi connectivity index (χ2n) is 6.50. The van der Waals surface area contributed by atoms with E-state index in [1.807, 2.05) is 60.7 Å². The van der Waals surface area contributed by atoms with E-state index in [1.165, 1.54) is 4.90 Å². The fourth-order valence-electron chi connectivity index (χ4n) is 3.67. The molecule has 2 amide bonds. The summed E-state index contributed by atoms with van der Waals surface area (Å²) in [4.78, 5) is 39.7. The minimum Gasteiger partial charge on any atom is -0.317 e. The van der Waals surface area contributed by atoms with Crippen molar-refractivity contribution in [3.05, 3.63) is 83.1 Å². The molecule has 0 unspecified atom stereocenters. The summed E-state index contributed by atoms with van der Waals surface area (Å²) in [5.41, 5.74) is 7.64. The van der Waals surface area contributed by atoms with E-state index in [-0.39, 0.29) is 29.5 Å². The molecule has 136 valence electrons. The lowest BCUT2D eigenvalue weighted by molar-refractivity contribution is -0.138. The number of carbonyl (C=O) groups is 3. The molecule has 2 aromatic rings. The standard InChI is InChI=1S/C21H19N3O3/c1-2-24-20(26)16-17(22-23-18(16)21(24)27)19(25)15(13-9-5-3-6-10-13)14-11-7-4-8-12-14/h3-12,15,18,22-23H,2H2,1H3/t18-/m0/s1. The molecule has 0 aromatic heterocycles. The maximum atomic E-state index is 13.5. The monoisotopic (exact) mass is 361 g/mol. The number of fused-ring (bicyclic) bond motifs is 1. The first-order valence-electron chi connectivity index (χ1n) is 8.89. The number of likely N-dealkylation sites (tertiary alicyclic amines) is 1. The van der Waals surface area contributed by atoms with E-state index >= 15 is 0 Å². The number of hydrogen-bond donors (Lipinski definition) is 2. The van der Waals surface area contributed by atoms with Gasteiger partial charge in [-0.15, -0.1) is 0 Å². The molecule has 0 spiro atoms. The van der Waals surface area contributed by atoms with Crippen LogP contribution in [0.1, 0.15) is 24.0 Å². The van der Waals surface area contributed by atoms with Crippen molar-refractivity contribution in [3.8, 4) is 0 Å². The van der Waals surface area contributed by atoms with Crippen LogP contribution in [0.3, 0.4) is 0 Å².